The lowest BCUT2D eigenvalue weighted by Crippen LogP contribution is -2.36. The van der Waals surface area contributed by atoms with Gasteiger partial charge in [-0.3, -0.25) is 0 Å². The van der Waals surface area contributed by atoms with Crippen LogP contribution in [0.1, 0.15) is 22.3 Å². The highest BCUT2D eigenvalue weighted by Crippen LogP contribution is 2.64. The molecule has 2 heterocycles. The van der Waals surface area contributed by atoms with Crippen molar-refractivity contribution in [1.82, 2.24) is 9.97 Å². The Morgan fingerprint density at radius 1 is 0.360 bits per heavy atom. The van der Waals surface area contributed by atoms with Gasteiger partial charge in [-0.25, -0.2) is 9.97 Å². The highest BCUT2D eigenvalue weighted by Gasteiger charge is 2.54. The van der Waals surface area contributed by atoms with Gasteiger partial charge in [-0.15, -0.1) is 0 Å². The zero-order valence-electron chi connectivity index (χ0n) is 27.2. The van der Waals surface area contributed by atoms with E-state index in [0.717, 1.165) is 56.5 Å². The Bertz CT molecular complexity index is 2480. The van der Waals surface area contributed by atoms with Crippen molar-refractivity contribution in [2.75, 3.05) is 4.90 Å². The van der Waals surface area contributed by atoms with Crippen molar-refractivity contribution in [1.29, 1.82) is 0 Å². The fraction of sp³-hybridized carbons (Fsp3) is 0.0213. The van der Waals surface area contributed by atoms with Crippen molar-refractivity contribution >= 4 is 17.1 Å². The molecule has 7 aromatic carbocycles. The minimum Gasteiger partial charge on any atom is -0.310 e. The van der Waals surface area contributed by atoms with Crippen molar-refractivity contribution in [3.63, 3.8) is 0 Å². The Hall–Kier alpha value is -6.58. The molecule has 2 aliphatic rings. The maximum Gasteiger partial charge on any atom is 0.160 e. The van der Waals surface area contributed by atoms with Gasteiger partial charge < -0.3 is 4.90 Å². The minimum atomic E-state index is -0.648. The van der Waals surface area contributed by atoms with Crippen LogP contribution in [0.3, 0.4) is 0 Å². The summed E-state index contributed by atoms with van der Waals surface area (Å²) in [6.07, 6.45) is 0. The molecule has 1 aliphatic heterocycles. The molecule has 1 aromatic heterocycles. The smallest absolute Gasteiger partial charge is 0.160 e. The molecule has 1 spiro atoms. The van der Waals surface area contributed by atoms with E-state index in [-0.39, 0.29) is 0 Å². The quantitative estimate of drug-likeness (QED) is 0.192. The summed E-state index contributed by atoms with van der Waals surface area (Å²) in [7, 11) is 0. The van der Waals surface area contributed by atoms with E-state index in [1.807, 2.05) is 6.07 Å². The third-order valence-electron chi connectivity index (χ3n) is 10.3. The SMILES string of the molecule is c1ccc(-c2ccc(-c3nc(-c4ccccc4)c4c(n3)-c3ccccc3C43c4ccccc4N(c4ccccc4)c4ccccc43)cc2)cc1. The normalized spacial score (nSPS) is 13.3. The first-order valence-electron chi connectivity index (χ1n) is 17.1. The molecule has 8 aromatic rings. The summed E-state index contributed by atoms with van der Waals surface area (Å²) in [6, 6.07) is 67.0. The lowest BCUT2D eigenvalue weighted by Gasteiger charge is -2.45. The van der Waals surface area contributed by atoms with Crippen molar-refractivity contribution in [3.8, 4) is 45.0 Å². The number of rotatable bonds is 4. The van der Waals surface area contributed by atoms with Crippen molar-refractivity contribution in [2.24, 2.45) is 0 Å². The third kappa shape index (κ3) is 4.10. The van der Waals surface area contributed by atoms with Crippen LogP contribution in [0.2, 0.25) is 0 Å². The molecule has 0 N–H and O–H groups in total. The van der Waals surface area contributed by atoms with Gasteiger partial charge >= 0.3 is 0 Å². The predicted molar refractivity (Wildman–Crippen MR) is 204 cm³/mol. The largest absolute Gasteiger partial charge is 0.310 e. The van der Waals surface area contributed by atoms with E-state index >= 15 is 0 Å². The summed E-state index contributed by atoms with van der Waals surface area (Å²) in [5.74, 6) is 0.720. The maximum absolute atomic E-state index is 5.52. The zero-order valence-corrected chi connectivity index (χ0v) is 27.2. The lowest BCUT2D eigenvalue weighted by molar-refractivity contribution is 0.748. The number of fused-ring (bicyclic) bond motifs is 9. The summed E-state index contributed by atoms with van der Waals surface area (Å²) in [5, 5.41) is 0. The Labute approximate surface area is 291 Å². The van der Waals surface area contributed by atoms with Crippen LogP contribution in [0.15, 0.2) is 188 Å². The van der Waals surface area contributed by atoms with Gasteiger partial charge in [-0.2, -0.15) is 0 Å². The van der Waals surface area contributed by atoms with Crippen LogP contribution in [0, 0.1) is 0 Å². The number of hydrogen-bond donors (Lipinski definition) is 0. The minimum absolute atomic E-state index is 0.648. The second-order valence-electron chi connectivity index (χ2n) is 12.9. The molecule has 50 heavy (non-hydrogen) atoms. The molecule has 0 radical (unpaired) electrons. The van der Waals surface area contributed by atoms with Gasteiger partial charge in [0.1, 0.15) is 0 Å². The number of aromatic nitrogens is 2. The molecule has 1 aliphatic carbocycles. The Morgan fingerprint density at radius 2 is 0.820 bits per heavy atom. The molecule has 0 unspecified atom stereocenters. The summed E-state index contributed by atoms with van der Waals surface area (Å²) >= 11 is 0. The van der Waals surface area contributed by atoms with E-state index in [2.05, 4.69) is 187 Å². The van der Waals surface area contributed by atoms with Gasteiger partial charge in [0.2, 0.25) is 0 Å². The summed E-state index contributed by atoms with van der Waals surface area (Å²) < 4.78 is 0. The van der Waals surface area contributed by atoms with E-state index in [4.69, 9.17) is 9.97 Å². The summed E-state index contributed by atoms with van der Waals surface area (Å²) in [4.78, 5) is 13.4. The highest BCUT2D eigenvalue weighted by molar-refractivity contribution is 5.97. The van der Waals surface area contributed by atoms with E-state index < -0.39 is 5.41 Å². The average molecular weight is 638 g/mol. The zero-order chi connectivity index (χ0) is 33.1. The van der Waals surface area contributed by atoms with E-state index in [0.29, 0.717) is 0 Å². The van der Waals surface area contributed by atoms with Gasteiger partial charge in [0, 0.05) is 27.9 Å². The van der Waals surface area contributed by atoms with E-state index in [1.165, 1.54) is 27.8 Å². The van der Waals surface area contributed by atoms with Crippen molar-refractivity contribution < 1.29 is 0 Å². The van der Waals surface area contributed by atoms with Crippen LogP contribution in [-0.4, -0.2) is 9.97 Å². The lowest BCUT2D eigenvalue weighted by atomic mass is 9.64. The second-order valence-corrected chi connectivity index (χ2v) is 12.9. The predicted octanol–water partition coefficient (Wildman–Crippen LogP) is 11.6. The molecule has 234 valence electrons. The van der Waals surface area contributed by atoms with Crippen LogP contribution in [0.4, 0.5) is 17.1 Å². The molecule has 0 amide bonds. The van der Waals surface area contributed by atoms with Crippen LogP contribution < -0.4 is 4.90 Å². The van der Waals surface area contributed by atoms with E-state index in [1.54, 1.807) is 0 Å². The van der Waals surface area contributed by atoms with Crippen molar-refractivity contribution in [2.45, 2.75) is 5.41 Å². The van der Waals surface area contributed by atoms with Gasteiger partial charge in [-0.1, -0.05) is 164 Å². The number of nitrogens with zero attached hydrogens (tertiary/aromatic N) is 3. The molecule has 3 nitrogen and oxygen atoms in total. The molecule has 10 rings (SSSR count). The Kier molecular flexibility index (Phi) is 6.40. The van der Waals surface area contributed by atoms with Gasteiger partial charge in [0.15, 0.2) is 5.82 Å². The fourth-order valence-corrected chi connectivity index (χ4v) is 8.20. The van der Waals surface area contributed by atoms with Crippen molar-refractivity contribution in [3.05, 3.63) is 210 Å². The first-order valence-corrected chi connectivity index (χ1v) is 17.1. The molecule has 0 atom stereocenters. The summed E-state index contributed by atoms with van der Waals surface area (Å²) in [6.45, 7) is 0. The van der Waals surface area contributed by atoms with Crippen LogP contribution in [0.5, 0.6) is 0 Å². The molecular weight excluding hydrogens is 607 g/mol. The molecule has 0 fully saturated rings. The van der Waals surface area contributed by atoms with Crippen LogP contribution in [0.25, 0.3) is 45.0 Å². The fourth-order valence-electron chi connectivity index (χ4n) is 8.20. The number of anilines is 3. The number of benzene rings is 7. The standard InChI is InChI=1S/C47H31N3/c1-4-16-32(17-5-1)33-28-30-35(31-29-33)46-48-44(34-18-6-2-7-19-34)43-45(49-46)37-22-10-11-23-38(37)47(43)39-24-12-14-26-41(39)50(36-20-8-3-9-21-36)42-27-15-13-25-40(42)47/h1-31H. The summed E-state index contributed by atoms with van der Waals surface area (Å²) in [5.41, 5.74) is 15.1. The average Bonchev–Trinajstić information content (AvgIpc) is 3.49. The Balaban J connectivity index is 1.29. The topological polar surface area (TPSA) is 29.0 Å². The molecule has 3 heteroatoms. The third-order valence-corrected chi connectivity index (χ3v) is 10.3. The van der Waals surface area contributed by atoms with Gasteiger partial charge in [0.25, 0.3) is 0 Å². The first-order chi connectivity index (χ1) is 24.8. The highest BCUT2D eigenvalue weighted by atomic mass is 15.2. The number of hydrogen-bond acceptors (Lipinski definition) is 3. The molecule has 0 saturated heterocycles. The second kappa shape index (κ2) is 11.3. The van der Waals surface area contributed by atoms with Gasteiger partial charge in [0.05, 0.1) is 28.2 Å². The Morgan fingerprint density at radius 3 is 1.46 bits per heavy atom. The molecular formula is C47H31N3. The van der Waals surface area contributed by atoms with Crippen LogP contribution in [-0.2, 0) is 5.41 Å². The molecule has 0 bridgehead atoms. The van der Waals surface area contributed by atoms with Crippen LogP contribution >= 0.6 is 0 Å². The monoisotopic (exact) mass is 637 g/mol. The number of para-hydroxylation sites is 3. The molecule has 0 saturated carbocycles. The maximum atomic E-state index is 5.52. The first kappa shape index (κ1) is 28.4. The van der Waals surface area contributed by atoms with E-state index in [9.17, 15) is 0 Å². The van der Waals surface area contributed by atoms with Gasteiger partial charge in [-0.05, 0) is 52.1 Å².